The Hall–Kier alpha value is -0.630. The van der Waals surface area contributed by atoms with Gasteiger partial charge in [-0.15, -0.1) is 0 Å². The summed E-state index contributed by atoms with van der Waals surface area (Å²) >= 11 is 0. The highest BCUT2D eigenvalue weighted by molar-refractivity contribution is 5.10. The molecular weight excluding hydrogens is 218 g/mol. The second-order valence-electron chi connectivity index (χ2n) is 5.44. The van der Waals surface area contributed by atoms with Gasteiger partial charge < -0.3 is 14.6 Å². The van der Waals surface area contributed by atoms with Gasteiger partial charge in [0.2, 0.25) is 0 Å². The van der Waals surface area contributed by atoms with Crippen LogP contribution < -0.4 is 0 Å². The van der Waals surface area contributed by atoms with E-state index in [2.05, 4.69) is 6.07 Å². The largest absolute Gasteiger partial charge is 0.388 e. The van der Waals surface area contributed by atoms with Crippen LogP contribution >= 0.6 is 0 Å². The first-order valence-electron chi connectivity index (χ1n) is 6.41. The quantitative estimate of drug-likeness (QED) is 0.800. The predicted molar refractivity (Wildman–Crippen MR) is 62.1 cm³/mol. The van der Waals surface area contributed by atoms with Crippen molar-refractivity contribution in [2.45, 2.75) is 57.3 Å². The minimum absolute atomic E-state index is 0.476. The lowest BCUT2D eigenvalue weighted by atomic mass is 9.64. The van der Waals surface area contributed by atoms with Crippen LogP contribution in [0.4, 0.5) is 0 Å². The summed E-state index contributed by atoms with van der Waals surface area (Å²) in [5.41, 5.74) is -1.58. The zero-order valence-electron chi connectivity index (χ0n) is 10.7. The number of hydrogen-bond acceptors (Lipinski definition) is 4. The van der Waals surface area contributed by atoms with Gasteiger partial charge in [-0.1, -0.05) is 6.92 Å². The molecule has 2 aliphatic rings. The van der Waals surface area contributed by atoms with E-state index >= 15 is 0 Å². The van der Waals surface area contributed by atoms with Gasteiger partial charge in [0.15, 0.2) is 5.79 Å². The molecule has 1 aliphatic heterocycles. The van der Waals surface area contributed by atoms with Crippen LogP contribution in [0.25, 0.3) is 0 Å². The minimum Gasteiger partial charge on any atom is -0.388 e. The van der Waals surface area contributed by atoms with Crippen LogP contribution in [-0.2, 0) is 9.47 Å². The second kappa shape index (κ2) is 4.24. The van der Waals surface area contributed by atoms with Crippen molar-refractivity contribution >= 4 is 0 Å². The summed E-state index contributed by atoms with van der Waals surface area (Å²) in [6, 6.07) is 2.29. The van der Waals surface area contributed by atoms with Gasteiger partial charge in [-0.2, -0.15) is 5.26 Å². The zero-order chi connectivity index (χ0) is 12.6. The monoisotopic (exact) mass is 239 g/mol. The summed E-state index contributed by atoms with van der Waals surface area (Å²) in [6.07, 6.45) is 3.17. The first-order valence-corrected chi connectivity index (χ1v) is 6.41. The van der Waals surface area contributed by atoms with Gasteiger partial charge in [-0.25, -0.2) is 0 Å². The highest BCUT2D eigenvalue weighted by Crippen LogP contribution is 2.48. The van der Waals surface area contributed by atoms with E-state index in [1.165, 1.54) is 0 Å². The van der Waals surface area contributed by atoms with E-state index in [1.54, 1.807) is 0 Å². The molecule has 1 spiro atoms. The summed E-state index contributed by atoms with van der Waals surface area (Å²) in [7, 11) is 0. The molecular formula is C13H21NO3. The van der Waals surface area contributed by atoms with Gasteiger partial charge >= 0.3 is 0 Å². The van der Waals surface area contributed by atoms with Crippen LogP contribution in [0.3, 0.4) is 0 Å². The Morgan fingerprint density at radius 3 is 2.18 bits per heavy atom. The van der Waals surface area contributed by atoms with Crippen LogP contribution in [0.1, 0.15) is 46.0 Å². The molecule has 1 heterocycles. The van der Waals surface area contributed by atoms with Gasteiger partial charge in [0, 0.05) is 12.8 Å². The minimum atomic E-state index is -0.906. The molecule has 0 aromatic carbocycles. The van der Waals surface area contributed by atoms with Gasteiger partial charge in [0.1, 0.15) is 0 Å². The Balaban J connectivity index is 2.09. The van der Waals surface area contributed by atoms with E-state index in [0.717, 1.165) is 0 Å². The number of ether oxygens (including phenoxy) is 2. The summed E-state index contributed by atoms with van der Waals surface area (Å²) in [5.74, 6) is -0.476. The normalized spacial score (nSPS) is 29.8. The molecule has 1 atom stereocenters. The number of hydrogen-bond donors (Lipinski definition) is 1. The van der Waals surface area contributed by atoms with Crippen LogP contribution in [0.2, 0.25) is 0 Å². The van der Waals surface area contributed by atoms with Crippen molar-refractivity contribution in [1.82, 2.24) is 0 Å². The highest BCUT2D eigenvalue weighted by Gasteiger charge is 2.53. The fourth-order valence-corrected chi connectivity index (χ4v) is 2.89. The standard InChI is InChI=1S/C13H21NO3/c1-3-11(2,10-14)12(15)4-6-13(7-5-12)16-8-9-17-13/h15H,3-9H2,1-2H3. The molecule has 96 valence electrons. The Labute approximate surface area is 103 Å². The molecule has 0 bridgehead atoms. The SMILES string of the molecule is CCC(C)(C#N)C1(O)CCC2(CC1)OCCO2. The summed E-state index contributed by atoms with van der Waals surface area (Å²) in [5, 5.41) is 20.0. The molecule has 1 aliphatic carbocycles. The van der Waals surface area contributed by atoms with Gasteiger partial charge in [-0.3, -0.25) is 0 Å². The molecule has 1 N–H and O–H groups in total. The predicted octanol–water partition coefficient (Wildman–Crippen LogP) is 1.97. The van der Waals surface area contributed by atoms with Crippen molar-refractivity contribution in [3.8, 4) is 6.07 Å². The fraction of sp³-hybridized carbons (Fsp3) is 0.923. The van der Waals surface area contributed by atoms with Gasteiger partial charge in [-0.05, 0) is 26.2 Å². The van der Waals surface area contributed by atoms with Crippen molar-refractivity contribution < 1.29 is 14.6 Å². The Morgan fingerprint density at radius 2 is 1.76 bits per heavy atom. The Kier molecular flexibility index (Phi) is 3.19. The fourth-order valence-electron chi connectivity index (χ4n) is 2.89. The molecule has 0 amide bonds. The van der Waals surface area contributed by atoms with Crippen molar-refractivity contribution in [1.29, 1.82) is 5.26 Å². The van der Waals surface area contributed by atoms with E-state index < -0.39 is 16.8 Å². The summed E-state index contributed by atoms with van der Waals surface area (Å²) < 4.78 is 11.3. The number of rotatable bonds is 2. The summed E-state index contributed by atoms with van der Waals surface area (Å²) in [6.45, 7) is 5.08. The van der Waals surface area contributed by atoms with Crippen LogP contribution in [-0.4, -0.2) is 29.7 Å². The zero-order valence-corrected chi connectivity index (χ0v) is 10.7. The third-order valence-electron chi connectivity index (χ3n) is 4.63. The van der Waals surface area contributed by atoms with E-state index in [1.807, 2.05) is 13.8 Å². The molecule has 0 aromatic rings. The van der Waals surface area contributed by atoms with E-state index in [9.17, 15) is 10.4 Å². The molecule has 2 rings (SSSR count). The van der Waals surface area contributed by atoms with E-state index in [-0.39, 0.29) is 0 Å². The molecule has 0 radical (unpaired) electrons. The highest BCUT2D eigenvalue weighted by atomic mass is 16.7. The van der Waals surface area contributed by atoms with Crippen molar-refractivity contribution in [2.24, 2.45) is 5.41 Å². The Bertz CT molecular complexity index is 320. The molecule has 2 fully saturated rings. The lowest BCUT2D eigenvalue weighted by Gasteiger charge is -2.47. The van der Waals surface area contributed by atoms with E-state index in [4.69, 9.17) is 9.47 Å². The molecule has 1 unspecified atom stereocenters. The third kappa shape index (κ3) is 1.97. The third-order valence-corrected chi connectivity index (χ3v) is 4.63. The maximum Gasteiger partial charge on any atom is 0.168 e. The lowest BCUT2D eigenvalue weighted by Crippen LogP contribution is -2.52. The molecule has 4 heteroatoms. The molecule has 17 heavy (non-hydrogen) atoms. The van der Waals surface area contributed by atoms with Gasteiger partial charge in [0.05, 0.1) is 30.3 Å². The average Bonchev–Trinajstić information content (AvgIpc) is 2.81. The second-order valence-corrected chi connectivity index (χ2v) is 5.44. The van der Waals surface area contributed by atoms with Gasteiger partial charge in [0.25, 0.3) is 0 Å². The number of nitriles is 1. The maximum atomic E-state index is 10.7. The first kappa shape index (κ1) is 12.8. The van der Waals surface area contributed by atoms with Crippen molar-refractivity contribution in [2.75, 3.05) is 13.2 Å². The van der Waals surface area contributed by atoms with Crippen LogP contribution in [0.15, 0.2) is 0 Å². The molecule has 0 aromatic heterocycles. The van der Waals surface area contributed by atoms with Crippen molar-refractivity contribution in [3.05, 3.63) is 0 Å². The molecule has 1 saturated heterocycles. The topological polar surface area (TPSA) is 62.5 Å². The number of aliphatic hydroxyl groups is 1. The smallest absolute Gasteiger partial charge is 0.168 e. The van der Waals surface area contributed by atoms with Crippen LogP contribution in [0, 0.1) is 16.7 Å². The Morgan fingerprint density at radius 1 is 1.24 bits per heavy atom. The van der Waals surface area contributed by atoms with Crippen LogP contribution in [0.5, 0.6) is 0 Å². The first-order chi connectivity index (χ1) is 7.99. The lowest BCUT2D eigenvalue weighted by molar-refractivity contribution is -0.215. The number of nitrogens with zero attached hydrogens (tertiary/aromatic N) is 1. The molecule has 1 saturated carbocycles. The van der Waals surface area contributed by atoms with E-state index in [0.29, 0.717) is 45.3 Å². The molecule has 4 nitrogen and oxygen atoms in total. The summed E-state index contributed by atoms with van der Waals surface area (Å²) in [4.78, 5) is 0. The van der Waals surface area contributed by atoms with Crippen molar-refractivity contribution in [3.63, 3.8) is 0 Å². The maximum absolute atomic E-state index is 10.7. The average molecular weight is 239 g/mol.